The topological polar surface area (TPSA) is 43.9 Å². The molecule has 4 rings (SSSR count). The first-order valence-electron chi connectivity index (χ1n) is 8.74. The summed E-state index contributed by atoms with van der Waals surface area (Å²) in [6, 6.07) is 17.6. The molecule has 128 valence electrons. The van der Waals surface area contributed by atoms with E-state index in [0.29, 0.717) is 13.1 Å². The zero-order valence-electron chi connectivity index (χ0n) is 14.1. The fourth-order valence-corrected chi connectivity index (χ4v) is 3.62. The average molecular weight is 335 g/mol. The molecule has 1 fully saturated rings. The Balaban J connectivity index is 1.47. The summed E-state index contributed by atoms with van der Waals surface area (Å²) in [5.74, 6) is -0.00425. The number of benzene rings is 2. The second-order valence-electron chi connectivity index (χ2n) is 6.47. The van der Waals surface area contributed by atoms with Crippen molar-refractivity contribution in [2.45, 2.75) is 12.8 Å². The van der Waals surface area contributed by atoms with Crippen LogP contribution in [0.3, 0.4) is 0 Å². The third-order valence-electron chi connectivity index (χ3n) is 4.90. The molecule has 0 unspecified atom stereocenters. The summed E-state index contributed by atoms with van der Waals surface area (Å²) in [7, 11) is 0. The van der Waals surface area contributed by atoms with Gasteiger partial charge in [-0.3, -0.25) is 9.69 Å². The molecule has 2 aromatic rings. The van der Waals surface area contributed by atoms with E-state index in [1.165, 1.54) is 5.56 Å². The lowest BCUT2D eigenvalue weighted by Crippen LogP contribution is -2.44. The summed E-state index contributed by atoms with van der Waals surface area (Å²) in [6.45, 7) is 2.05. The van der Waals surface area contributed by atoms with Crippen LogP contribution in [0.1, 0.15) is 12.0 Å². The molecule has 3 amide bonds. The van der Waals surface area contributed by atoms with Gasteiger partial charge in [-0.2, -0.15) is 0 Å². The number of aryl methyl sites for hydroxylation is 1. The Labute approximate surface area is 147 Å². The lowest BCUT2D eigenvalue weighted by molar-refractivity contribution is -0.119. The van der Waals surface area contributed by atoms with E-state index in [0.717, 1.165) is 30.8 Å². The second-order valence-corrected chi connectivity index (χ2v) is 6.47. The maximum atomic E-state index is 12.8. The third-order valence-corrected chi connectivity index (χ3v) is 4.90. The van der Waals surface area contributed by atoms with E-state index in [1.54, 1.807) is 9.80 Å². The molecule has 2 aromatic carbocycles. The van der Waals surface area contributed by atoms with Crippen LogP contribution in [0.4, 0.5) is 16.2 Å². The second kappa shape index (κ2) is 6.59. The summed E-state index contributed by atoms with van der Waals surface area (Å²) < 4.78 is 0. The molecule has 2 aliphatic heterocycles. The normalized spacial score (nSPS) is 17.0. The Kier molecular flexibility index (Phi) is 4.14. The van der Waals surface area contributed by atoms with Crippen molar-refractivity contribution in [1.29, 1.82) is 0 Å². The molecule has 0 radical (unpaired) electrons. The molecule has 5 heteroatoms. The quantitative estimate of drug-likeness (QED) is 0.866. The van der Waals surface area contributed by atoms with Gasteiger partial charge in [-0.25, -0.2) is 4.79 Å². The van der Waals surface area contributed by atoms with Crippen molar-refractivity contribution in [3.05, 3.63) is 60.2 Å². The first kappa shape index (κ1) is 15.7. The van der Waals surface area contributed by atoms with Gasteiger partial charge in [0.15, 0.2) is 0 Å². The Morgan fingerprint density at radius 3 is 2.52 bits per heavy atom. The molecule has 0 spiro atoms. The average Bonchev–Trinajstić information content (AvgIpc) is 3.02. The highest BCUT2D eigenvalue weighted by atomic mass is 16.2. The van der Waals surface area contributed by atoms with Crippen molar-refractivity contribution in [2.24, 2.45) is 0 Å². The minimum Gasteiger partial charge on any atom is -0.313 e. The van der Waals surface area contributed by atoms with E-state index in [-0.39, 0.29) is 18.5 Å². The van der Waals surface area contributed by atoms with Crippen LogP contribution in [0.5, 0.6) is 0 Å². The van der Waals surface area contributed by atoms with E-state index in [9.17, 15) is 9.59 Å². The van der Waals surface area contributed by atoms with Gasteiger partial charge in [-0.1, -0.05) is 36.4 Å². The number of anilines is 2. The molecule has 1 saturated heterocycles. The molecular formula is C20H21N3O2. The van der Waals surface area contributed by atoms with Gasteiger partial charge in [-0.05, 0) is 36.6 Å². The largest absolute Gasteiger partial charge is 0.325 e. The van der Waals surface area contributed by atoms with Crippen molar-refractivity contribution in [3.8, 4) is 0 Å². The van der Waals surface area contributed by atoms with Gasteiger partial charge < -0.3 is 9.80 Å². The number of para-hydroxylation sites is 2. The highest BCUT2D eigenvalue weighted by Crippen LogP contribution is 2.27. The van der Waals surface area contributed by atoms with Crippen LogP contribution in [-0.2, 0) is 11.2 Å². The molecule has 25 heavy (non-hydrogen) atoms. The van der Waals surface area contributed by atoms with Crippen LogP contribution in [0.25, 0.3) is 0 Å². The number of rotatable bonds is 3. The summed E-state index contributed by atoms with van der Waals surface area (Å²) >= 11 is 0. The highest BCUT2D eigenvalue weighted by Gasteiger charge is 2.32. The lowest BCUT2D eigenvalue weighted by Gasteiger charge is -2.30. The van der Waals surface area contributed by atoms with Crippen LogP contribution in [-0.4, -0.2) is 43.0 Å². The van der Waals surface area contributed by atoms with Gasteiger partial charge in [0.05, 0.1) is 0 Å². The Morgan fingerprint density at radius 1 is 0.920 bits per heavy atom. The molecule has 0 saturated carbocycles. The lowest BCUT2D eigenvalue weighted by atomic mass is 10.0. The number of amides is 3. The fraction of sp³-hybridized carbons (Fsp3) is 0.300. The first-order chi connectivity index (χ1) is 12.2. The minimum atomic E-state index is -0.0927. The van der Waals surface area contributed by atoms with Gasteiger partial charge in [0.1, 0.15) is 6.54 Å². The van der Waals surface area contributed by atoms with Crippen molar-refractivity contribution < 1.29 is 9.59 Å². The maximum Gasteiger partial charge on any atom is 0.325 e. The van der Waals surface area contributed by atoms with Crippen LogP contribution >= 0.6 is 0 Å². The number of hydrogen-bond donors (Lipinski definition) is 0. The molecule has 0 aliphatic carbocycles. The monoisotopic (exact) mass is 335 g/mol. The van der Waals surface area contributed by atoms with Crippen LogP contribution < -0.4 is 9.80 Å². The molecule has 2 heterocycles. The van der Waals surface area contributed by atoms with Crippen LogP contribution in [0, 0.1) is 0 Å². The van der Waals surface area contributed by atoms with Crippen LogP contribution in [0.2, 0.25) is 0 Å². The molecular weight excluding hydrogens is 314 g/mol. The van der Waals surface area contributed by atoms with E-state index >= 15 is 0 Å². The standard InChI is InChI=1S/C20H21N3O2/c24-19(23-12-6-8-16-7-4-5-11-18(16)23)15-21-13-14-22(20(21)25)17-9-2-1-3-10-17/h1-5,7,9-11H,6,8,12-15H2. The van der Waals surface area contributed by atoms with Gasteiger partial charge in [-0.15, -0.1) is 0 Å². The fourth-order valence-electron chi connectivity index (χ4n) is 3.62. The first-order valence-corrected chi connectivity index (χ1v) is 8.74. The minimum absolute atomic E-state index is 0.00425. The predicted molar refractivity (Wildman–Crippen MR) is 97.9 cm³/mol. The van der Waals surface area contributed by atoms with Crippen LogP contribution in [0.15, 0.2) is 54.6 Å². The molecule has 2 aliphatic rings. The Morgan fingerprint density at radius 2 is 1.68 bits per heavy atom. The Hall–Kier alpha value is -2.82. The molecule has 0 N–H and O–H groups in total. The van der Waals surface area contributed by atoms with Crippen molar-refractivity contribution in [2.75, 3.05) is 36.0 Å². The van der Waals surface area contributed by atoms with E-state index < -0.39 is 0 Å². The maximum absolute atomic E-state index is 12.8. The van der Waals surface area contributed by atoms with Gasteiger partial charge >= 0.3 is 6.03 Å². The summed E-state index contributed by atoms with van der Waals surface area (Å²) in [5.41, 5.74) is 3.08. The zero-order valence-corrected chi connectivity index (χ0v) is 14.1. The molecule has 0 aromatic heterocycles. The Bertz CT molecular complexity index is 791. The van der Waals surface area contributed by atoms with Gasteiger partial charge in [0, 0.05) is 31.0 Å². The molecule has 0 atom stereocenters. The van der Waals surface area contributed by atoms with Crippen molar-refractivity contribution >= 4 is 23.3 Å². The number of carbonyl (C=O) groups is 2. The SMILES string of the molecule is O=C1N(CC(=O)N2CCCc3ccccc32)CCN1c1ccccc1. The third kappa shape index (κ3) is 2.97. The van der Waals surface area contributed by atoms with E-state index in [4.69, 9.17) is 0 Å². The number of fused-ring (bicyclic) bond motifs is 1. The summed E-state index contributed by atoms with van der Waals surface area (Å²) in [6.07, 6.45) is 1.97. The smallest absolute Gasteiger partial charge is 0.313 e. The highest BCUT2D eigenvalue weighted by molar-refractivity contribution is 6.01. The predicted octanol–water partition coefficient (Wildman–Crippen LogP) is 2.91. The van der Waals surface area contributed by atoms with E-state index in [1.807, 2.05) is 53.4 Å². The van der Waals surface area contributed by atoms with Gasteiger partial charge in [0.25, 0.3) is 0 Å². The number of hydrogen-bond acceptors (Lipinski definition) is 2. The molecule has 0 bridgehead atoms. The number of carbonyl (C=O) groups excluding carboxylic acids is 2. The van der Waals surface area contributed by atoms with Crippen molar-refractivity contribution in [1.82, 2.24) is 4.90 Å². The molecule has 5 nitrogen and oxygen atoms in total. The van der Waals surface area contributed by atoms with E-state index in [2.05, 4.69) is 6.07 Å². The summed E-state index contributed by atoms with van der Waals surface area (Å²) in [4.78, 5) is 30.7. The van der Waals surface area contributed by atoms with Gasteiger partial charge in [0.2, 0.25) is 5.91 Å². The number of nitrogens with zero attached hydrogens (tertiary/aromatic N) is 3. The van der Waals surface area contributed by atoms with Crippen molar-refractivity contribution in [3.63, 3.8) is 0 Å². The summed E-state index contributed by atoms with van der Waals surface area (Å²) in [5, 5.41) is 0. The zero-order chi connectivity index (χ0) is 17.2. The number of urea groups is 1.